The third kappa shape index (κ3) is 5.95. The summed E-state index contributed by atoms with van der Waals surface area (Å²) in [6, 6.07) is 8.48. The fourth-order valence-corrected chi connectivity index (χ4v) is 3.45. The Labute approximate surface area is 207 Å². The second-order valence-electron chi connectivity index (χ2n) is 8.06. The van der Waals surface area contributed by atoms with Crippen LogP contribution in [0, 0.1) is 12.9 Å². The van der Waals surface area contributed by atoms with Gasteiger partial charge in [-0.2, -0.15) is 17.6 Å². The molecule has 0 aliphatic heterocycles. The molecule has 37 heavy (non-hydrogen) atoms. The fourth-order valence-electron chi connectivity index (χ4n) is 3.45. The highest BCUT2D eigenvalue weighted by Crippen LogP contribution is 2.33. The lowest BCUT2D eigenvalue weighted by atomic mass is 10.1. The number of nitrogens with zero attached hydrogens (tertiary/aromatic N) is 4. The van der Waals surface area contributed by atoms with Gasteiger partial charge in [0.05, 0.1) is 28.6 Å². The van der Waals surface area contributed by atoms with E-state index in [4.69, 9.17) is 4.52 Å². The van der Waals surface area contributed by atoms with Crippen molar-refractivity contribution in [1.29, 1.82) is 0 Å². The maximum atomic E-state index is 14.0. The molecule has 1 unspecified atom stereocenters. The highest BCUT2D eigenvalue weighted by molar-refractivity contribution is 6.02. The van der Waals surface area contributed by atoms with Gasteiger partial charge in [0.25, 0.3) is 5.91 Å². The van der Waals surface area contributed by atoms with E-state index in [9.17, 15) is 27.5 Å². The topological polar surface area (TPSA) is 126 Å². The predicted octanol–water partition coefficient (Wildman–Crippen LogP) is 4.59. The van der Waals surface area contributed by atoms with Crippen molar-refractivity contribution in [2.45, 2.75) is 32.3 Å². The number of nitrogens with one attached hydrogen (secondary N) is 2. The van der Waals surface area contributed by atoms with Crippen LogP contribution in [0.15, 0.2) is 59.5 Å². The minimum absolute atomic E-state index is 0.0206. The van der Waals surface area contributed by atoms with E-state index in [0.29, 0.717) is 0 Å². The Morgan fingerprint density at radius 1 is 1.08 bits per heavy atom. The quantitative estimate of drug-likeness (QED) is 0.185. The molecule has 0 aliphatic rings. The number of amides is 1. The molecule has 0 bridgehead atoms. The van der Waals surface area contributed by atoms with Crippen LogP contribution in [0.5, 0.6) is 0 Å². The standard InChI is InChI=1S/C24H20F4N6O3/c1-12-5-6-14(8-16(12)24(26,27)28)33-23(36)20-10-17(34-37-20)13(2)32-22(35)19-9-18(30-11-31-19)15-4-3-7-29-21(15)25/h3-11,13,22,32,35H,1-2H3,(H,33,36)/t13-,22?/m0/s1. The van der Waals surface area contributed by atoms with E-state index in [-0.39, 0.29) is 39.7 Å². The van der Waals surface area contributed by atoms with Crippen molar-refractivity contribution in [2.24, 2.45) is 0 Å². The minimum Gasteiger partial charge on any atom is -0.373 e. The number of aryl methyl sites for hydroxylation is 1. The number of hydrogen-bond acceptors (Lipinski definition) is 8. The number of aromatic nitrogens is 4. The molecular weight excluding hydrogens is 496 g/mol. The first-order valence-corrected chi connectivity index (χ1v) is 10.9. The first kappa shape index (κ1) is 25.9. The van der Waals surface area contributed by atoms with Crippen molar-refractivity contribution in [3.63, 3.8) is 0 Å². The van der Waals surface area contributed by atoms with Gasteiger partial charge in [-0.05, 0) is 49.7 Å². The van der Waals surface area contributed by atoms with Crippen molar-refractivity contribution >= 4 is 11.6 Å². The van der Waals surface area contributed by atoms with E-state index in [1.54, 1.807) is 13.0 Å². The molecule has 0 saturated carbocycles. The number of benzene rings is 1. The molecule has 4 aromatic rings. The number of aliphatic hydroxyl groups is 1. The van der Waals surface area contributed by atoms with Crippen molar-refractivity contribution in [3.05, 3.63) is 89.2 Å². The van der Waals surface area contributed by atoms with Crippen LogP contribution in [0.4, 0.5) is 23.2 Å². The summed E-state index contributed by atoms with van der Waals surface area (Å²) in [6.45, 7) is 2.95. The molecule has 192 valence electrons. The number of hydrogen-bond donors (Lipinski definition) is 3. The van der Waals surface area contributed by atoms with Gasteiger partial charge in [-0.3, -0.25) is 10.1 Å². The maximum Gasteiger partial charge on any atom is 0.416 e. The number of halogens is 4. The summed E-state index contributed by atoms with van der Waals surface area (Å²) in [5.74, 6) is -1.78. The predicted molar refractivity (Wildman–Crippen MR) is 122 cm³/mol. The molecule has 3 aromatic heterocycles. The fraction of sp³-hybridized carbons (Fsp3) is 0.208. The molecular formula is C24H20F4N6O3. The van der Waals surface area contributed by atoms with E-state index >= 15 is 0 Å². The van der Waals surface area contributed by atoms with Crippen LogP contribution in [0.1, 0.15) is 52.3 Å². The van der Waals surface area contributed by atoms with Gasteiger partial charge in [0.1, 0.15) is 18.2 Å². The number of pyridine rings is 1. The van der Waals surface area contributed by atoms with Crippen LogP contribution in [0.25, 0.3) is 11.3 Å². The lowest BCUT2D eigenvalue weighted by Crippen LogP contribution is -2.25. The summed E-state index contributed by atoms with van der Waals surface area (Å²) >= 11 is 0. The molecule has 2 atom stereocenters. The smallest absolute Gasteiger partial charge is 0.373 e. The van der Waals surface area contributed by atoms with Gasteiger partial charge in [-0.15, -0.1) is 0 Å². The molecule has 3 heterocycles. The van der Waals surface area contributed by atoms with Crippen LogP contribution in [0.3, 0.4) is 0 Å². The second-order valence-corrected chi connectivity index (χ2v) is 8.06. The van der Waals surface area contributed by atoms with Crippen molar-refractivity contribution in [1.82, 2.24) is 25.4 Å². The molecule has 0 spiro atoms. The lowest BCUT2D eigenvalue weighted by Gasteiger charge is -2.17. The molecule has 9 nitrogen and oxygen atoms in total. The van der Waals surface area contributed by atoms with Gasteiger partial charge < -0.3 is 14.9 Å². The number of aliphatic hydroxyl groups excluding tert-OH is 1. The van der Waals surface area contributed by atoms with Crippen LogP contribution >= 0.6 is 0 Å². The van der Waals surface area contributed by atoms with Gasteiger partial charge in [-0.1, -0.05) is 11.2 Å². The summed E-state index contributed by atoms with van der Waals surface area (Å²) < 4.78 is 58.4. The van der Waals surface area contributed by atoms with Crippen LogP contribution in [0.2, 0.25) is 0 Å². The highest BCUT2D eigenvalue weighted by Gasteiger charge is 2.32. The summed E-state index contributed by atoms with van der Waals surface area (Å²) in [6.07, 6.45) is -3.42. The van der Waals surface area contributed by atoms with Gasteiger partial charge in [0, 0.05) is 18.0 Å². The monoisotopic (exact) mass is 516 g/mol. The van der Waals surface area contributed by atoms with E-state index in [1.165, 1.54) is 49.8 Å². The molecule has 0 radical (unpaired) electrons. The zero-order valence-electron chi connectivity index (χ0n) is 19.4. The van der Waals surface area contributed by atoms with E-state index in [1.807, 2.05) is 0 Å². The molecule has 0 fully saturated rings. The number of rotatable bonds is 7. The Morgan fingerprint density at radius 3 is 2.59 bits per heavy atom. The molecule has 13 heteroatoms. The summed E-state index contributed by atoms with van der Waals surface area (Å²) in [7, 11) is 0. The normalized spacial score (nSPS) is 13.3. The highest BCUT2D eigenvalue weighted by atomic mass is 19.4. The second kappa shape index (κ2) is 10.4. The molecule has 1 aromatic carbocycles. The summed E-state index contributed by atoms with van der Waals surface area (Å²) in [4.78, 5) is 24.1. The molecule has 0 aliphatic carbocycles. The Kier molecular flexibility index (Phi) is 7.27. The first-order chi connectivity index (χ1) is 17.5. The summed E-state index contributed by atoms with van der Waals surface area (Å²) in [5, 5.41) is 19.5. The Bertz CT molecular complexity index is 1430. The average molecular weight is 516 g/mol. The Morgan fingerprint density at radius 2 is 1.86 bits per heavy atom. The minimum atomic E-state index is -4.57. The van der Waals surface area contributed by atoms with Crippen molar-refractivity contribution in [3.8, 4) is 11.3 Å². The van der Waals surface area contributed by atoms with Gasteiger partial charge in [-0.25, -0.2) is 15.0 Å². The van der Waals surface area contributed by atoms with Crippen molar-refractivity contribution in [2.75, 3.05) is 5.32 Å². The largest absolute Gasteiger partial charge is 0.416 e. The average Bonchev–Trinajstić information content (AvgIpc) is 3.36. The third-order valence-corrected chi connectivity index (χ3v) is 5.41. The first-order valence-electron chi connectivity index (χ1n) is 10.9. The third-order valence-electron chi connectivity index (χ3n) is 5.41. The SMILES string of the molecule is Cc1ccc(NC(=O)c2cc([C@H](C)NC(O)c3cc(-c4cccnc4F)ncn3)no2)cc1C(F)(F)F. The number of carbonyl (C=O) groups is 1. The van der Waals surface area contributed by atoms with Crippen LogP contribution in [-0.4, -0.2) is 31.1 Å². The zero-order chi connectivity index (χ0) is 26.7. The van der Waals surface area contributed by atoms with Gasteiger partial charge >= 0.3 is 6.18 Å². The Balaban J connectivity index is 1.43. The van der Waals surface area contributed by atoms with Crippen LogP contribution < -0.4 is 10.6 Å². The number of anilines is 1. The van der Waals surface area contributed by atoms with E-state index in [2.05, 4.69) is 30.7 Å². The van der Waals surface area contributed by atoms with Gasteiger partial charge in [0.15, 0.2) is 0 Å². The maximum absolute atomic E-state index is 14.0. The van der Waals surface area contributed by atoms with E-state index < -0.39 is 35.9 Å². The molecule has 3 N–H and O–H groups in total. The lowest BCUT2D eigenvalue weighted by molar-refractivity contribution is -0.138. The van der Waals surface area contributed by atoms with E-state index in [0.717, 1.165) is 6.07 Å². The Hall–Kier alpha value is -4.23. The molecule has 1 amide bonds. The number of alkyl halides is 3. The zero-order valence-corrected chi connectivity index (χ0v) is 19.4. The van der Waals surface area contributed by atoms with Crippen molar-refractivity contribution < 1.29 is 32.0 Å². The molecule has 0 saturated heterocycles. The van der Waals surface area contributed by atoms with Gasteiger partial charge in [0.2, 0.25) is 11.7 Å². The molecule has 4 rings (SSSR count). The number of carbonyl (C=O) groups excluding carboxylic acids is 1. The van der Waals surface area contributed by atoms with Crippen LogP contribution in [-0.2, 0) is 6.18 Å². The summed E-state index contributed by atoms with van der Waals surface area (Å²) in [5.41, 5.74) is -0.185.